The van der Waals surface area contributed by atoms with E-state index in [0.717, 1.165) is 12.3 Å². The van der Waals surface area contributed by atoms with Crippen LogP contribution in [0, 0.1) is 17.8 Å². The molecule has 3 unspecified atom stereocenters. The summed E-state index contributed by atoms with van der Waals surface area (Å²) in [6.07, 6.45) is 3.44. The number of aliphatic hydroxyl groups excluding tert-OH is 1. The molecule has 72 valence electrons. The van der Waals surface area contributed by atoms with E-state index in [0.29, 0.717) is 11.8 Å². The highest BCUT2D eigenvalue weighted by Crippen LogP contribution is 2.39. The van der Waals surface area contributed by atoms with Gasteiger partial charge in [0.1, 0.15) is 13.1 Å². The van der Waals surface area contributed by atoms with E-state index in [-0.39, 0.29) is 6.10 Å². The summed E-state index contributed by atoms with van der Waals surface area (Å²) >= 11 is 0. The predicted octanol–water partition coefficient (Wildman–Crippen LogP) is 0.880. The zero-order valence-electron chi connectivity index (χ0n) is 8.24. The molecule has 1 N–H and O–H groups in total. The summed E-state index contributed by atoms with van der Waals surface area (Å²) in [5.41, 5.74) is 1.68. The Morgan fingerprint density at radius 2 is 2.31 bits per heavy atom. The Bertz CT molecular complexity index is 271. The molecule has 0 aromatic carbocycles. The van der Waals surface area contributed by atoms with E-state index in [9.17, 15) is 5.11 Å². The Hall–Kier alpha value is -0.370. The van der Waals surface area contributed by atoms with Gasteiger partial charge in [0.25, 0.3) is 0 Å². The molecule has 0 aromatic heterocycles. The van der Waals surface area contributed by atoms with Gasteiger partial charge in [-0.15, -0.1) is 0 Å². The molecule has 3 rings (SSSR count). The van der Waals surface area contributed by atoms with Crippen molar-refractivity contribution in [2.75, 3.05) is 13.1 Å². The zero-order chi connectivity index (χ0) is 9.00. The second-order valence-electron chi connectivity index (χ2n) is 5.08. The van der Waals surface area contributed by atoms with Crippen molar-refractivity contribution in [2.24, 2.45) is 17.8 Å². The second-order valence-corrected chi connectivity index (χ2v) is 5.08. The second kappa shape index (κ2) is 2.57. The van der Waals surface area contributed by atoms with Crippen LogP contribution in [-0.2, 0) is 0 Å². The lowest BCUT2D eigenvalue weighted by Gasteiger charge is -2.32. The molecule has 4 atom stereocenters. The lowest BCUT2D eigenvalue weighted by Crippen LogP contribution is -2.41. The molecule has 2 heterocycles. The monoisotopic (exact) mass is 180 g/mol. The van der Waals surface area contributed by atoms with Gasteiger partial charge in [-0.05, 0) is 6.42 Å². The van der Waals surface area contributed by atoms with Crippen LogP contribution in [0.2, 0.25) is 0 Å². The fraction of sp³-hybridized carbons (Fsp3) is 0.909. The standard InChI is InChI=1S/C11H18NO/c1-7-6-12-3-2-8-4-10(12)9(7)5-11(8)13/h7-9,11,13H,2-6H2,1H3/q+1/t7-,8?,9?,11?/m1/s1. The highest BCUT2D eigenvalue weighted by atomic mass is 16.3. The molecular weight excluding hydrogens is 162 g/mol. The number of hydrogen-bond donors (Lipinski definition) is 1. The lowest BCUT2D eigenvalue weighted by molar-refractivity contribution is -0.531. The van der Waals surface area contributed by atoms with E-state index in [1.165, 1.54) is 25.9 Å². The largest absolute Gasteiger partial charge is 0.393 e. The Balaban J connectivity index is 1.98. The van der Waals surface area contributed by atoms with Crippen LogP contribution < -0.4 is 0 Å². The Kier molecular flexibility index (Phi) is 1.58. The van der Waals surface area contributed by atoms with Gasteiger partial charge < -0.3 is 5.11 Å². The summed E-state index contributed by atoms with van der Waals surface area (Å²) in [7, 11) is 0. The molecule has 2 heteroatoms. The van der Waals surface area contributed by atoms with Crippen molar-refractivity contribution < 1.29 is 9.68 Å². The molecule has 1 saturated carbocycles. The van der Waals surface area contributed by atoms with Crippen molar-refractivity contribution in [3.05, 3.63) is 0 Å². The van der Waals surface area contributed by atoms with Crippen LogP contribution >= 0.6 is 0 Å². The van der Waals surface area contributed by atoms with Crippen LogP contribution in [0.5, 0.6) is 0 Å². The van der Waals surface area contributed by atoms with E-state index in [1.54, 1.807) is 5.71 Å². The SMILES string of the molecule is C[C@@H]1C[N+]2=C3CC(CC2)C(O)CC31. The van der Waals surface area contributed by atoms with Gasteiger partial charge in [-0.3, -0.25) is 0 Å². The minimum atomic E-state index is -0.00329. The van der Waals surface area contributed by atoms with Gasteiger partial charge in [0.2, 0.25) is 0 Å². The summed E-state index contributed by atoms with van der Waals surface area (Å²) in [5, 5.41) is 9.93. The highest BCUT2D eigenvalue weighted by Gasteiger charge is 2.48. The van der Waals surface area contributed by atoms with E-state index in [4.69, 9.17) is 0 Å². The average Bonchev–Trinajstić information content (AvgIpc) is 2.45. The molecule has 2 nitrogen and oxygen atoms in total. The molecule has 13 heavy (non-hydrogen) atoms. The molecule has 1 aliphatic carbocycles. The van der Waals surface area contributed by atoms with Crippen molar-refractivity contribution in [2.45, 2.75) is 32.3 Å². The van der Waals surface area contributed by atoms with Gasteiger partial charge in [0, 0.05) is 24.7 Å². The maximum atomic E-state index is 9.93. The Labute approximate surface area is 79.3 Å². The number of aliphatic hydroxyl groups is 1. The molecule has 0 spiro atoms. The smallest absolute Gasteiger partial charge is 0.156 e. The molecule has 3 aliphatic rings. The number of fused-ring (bicyclic) bond motifs is 1. The van der Waals surface area contributed by atoms with Crippen LogP contribution in [-0.4, -0.2) is 34.6 Å². The Morgan fingerprint density at radius 1 is 1.46 bits per heavy atom. The fourth-order valence-electron chi connectivity index (χ4n) is 3.51. The first-order valence-corrected chi connectivity index (χ1v) is 5.54. The van der Waals surface area contributed by atoms with Gasteiger partial charge >= 0.3 is 0 Å². The minimum Gasteiger partial charge on any atom is -0.393 e. The topological polar surface area (TPSA) is 23.2 Å². The maximum absolute atomic E-state index is 9.93. The average molecular weight is 180 g/mol. The van der Waals surface area contributed by atoms with Gasteiger partial charge in [0.15, 0.2) is 5.71 Å². The molecule has 0 aromatic rings. The molecule has 1 fully saturated rings. The molecule has 0 radical (unpaired) electrons. The summed E-state index contributed by atoms with van der Waals surface area (Å²) in [6.45, 7) is 4.79. The fourth-order valence-corrected chi connectivity index (χ4v) is 3.51. The highest BCUT2D eigenvalue weighted by molar-refractivity contribution is 5.85. The van der Waals surface area contributed by atoms with E-state index < -0.39 is 0 Å². The molecule has 0 amide bonds. The molecule has 2 aliphatic heterocycles. The lowest BCUT2D eigenvalue weighted by atomic mass is 9.73. The number of nitrogens with zero attached hydrogens (tertiary/aromatic N) is 1. The first-order chi connectivity index (χ1) is 6.25. The van der Waals surface area contributed by atoms with Crippen molar-refractivity contribution >= 4 is 5.71 Å². The first-order valence-electron chi connectivity index (χ1n) is 5.54. The van der Waals surface area contributed by atoms with Gasteiger partial charge in [-0.2, -0.15) is 0 Å². The van der Waals surface area contributed by atoms with E-state index in [1.807, 2.05) is 0 Å². The van der Waals surface area contributed by atoms with Crippen molar-refractivity contribution in [3.8, 4) is 0 Å². The predicted molar refractivity (Wildman–Crippen MR) is 51.0 cm³/mol. The minimum absolute atomic E-state index is 0.00329. The summed E-state index contributed by atoms with van der Waals surface area (Å²) in [5.74, 6) is 2.09. The molecular formula is C11H18NO+. The zero-order valence-corrected chi connectivity index (χ0v) is 8.24. The third-order valence-corrected chi connectivity index (χ3v) is 4.31. The summed E-state index contributed by atoms with van der Waals surface area (Å²) < 4.78 is 2.58. The van der Waals surface area contributed by atoms with Gasteiger partial charge in [0.05, 0.1) is 12.0 Å². The Morgan fingerprint density at radius 3 is 3.15 bits per heavy atom. The van der Waals surface area contributed by atoms with Crippen molar-refractivity contribution in [1.29, 1.82) is 0 Å². The maximum Gasteiger partial charge on any atom is 0.156 e. The van der Waals surface area contributed by atoms with Crippen molar-refractivity contribution in [1.82, 2.24) is 0 Å². The summed E-state index contributed by atoms with van der Waals surface area (Å²) in [6, 6.07) is 0. The van der Waals surface area contributed by atoms with Crippen molar-refractivity contribution in [3.63, 3.8) is 0 Å². The summed E-state index contributed by atoms with van der Waals surface area (Å²) in [4.78, 5) is 0. The molecule has 0 saturated heterocycles. The van der Waals surface area contributed by atoms with E-state index >= 15 is 0 Å². The van der Waals surface area contributed by atoms with Gasteiger partial charge in [-0.25, -0.2) is 4.58 Å². The van der Waals surface area contributed by atoms with Gasteiger partial charge in [-0.1, -0.05) is 6.92 Å². The van der Waals surface area contributed by atoms with Crippen LogP contribution in [0.15, 0.2) is 0 Å². The normalized spacial score (nSPS) is 48.5. The first kappa shape index (κ1) is 7.98. The quantitative estimate of drug-likeness (QED) is 0.550. The van der Waals surface area contributed by atoms with Crippen LogP contribution in [0.4, 0.5) is 0 Å². The molecule has 2 bridgehead atoms. The van der Waals surface area contributed by atoms with Crippen LogP contribution in [0.25, 0.3) is 0 Å². The van der Waals surface area contributed by atoms with Crippen LogP contribution in [0.3, 0.4) is 0 Å². The number of hydrogen-bond acceptors (Lipinski definition) is 1. The number of rotatable bonds is 0. The van der Waals surface area contributed by atoms with Crippen LogP contribution in [0.1, 0.15) is 26.2 Å². The third kappa shape index (κ3) is 1.01. The van der Waals surface area contributed by atoms with E-state index in [2.05, 4.69) is 11.5 Å². The third-order valence-electron chi connectivity index (χ3n) is 4.31.